The van der Waals surface area contributed by atoms with Gasteiger partial charge in [-0.1, -0.05) is 0 Å². The number of nitrogens with two attached hydrogens (primary N) is 1. The molecule has 1 aromatic rings. The number of benzene rings is 1. The molecule has 0 spiro atoms. The molecule has 1 saturated carbocycles. The Morgan fingerprint density at radius 2 is 2.18 bits per heavy atom. The van der Waals surface area contributed by atoms with Crippen LogP contribution in [0.3, 0.4) is 0 Å². The number of thioether (sulfide) groups is 1. The smallest absolute Gasteiger partial charge is 0.139 e. The van der Waals surface area contributed by atoms with Gasteiger partial charge in [0.1, 0.15) is 17.2 Å². The molecule has 0 bridgehead atoms. The summed E-state index contributed by atoms with van der Waals surface area (Å²) in [5.41, 5.74) is 5.05. The Bertz CT molecular complexity index is 468. The molecule has 1 unspecified atom stereocenters. The van der Waals surface area contributed by atoms with Gasteiger partial charge in [-0.25, -0.2) is 8.78 Å². The fourth-order valence-electron chi connectivity index (χ4n) is 1.63. The van der Waals surface area contributed by atoms with E-state index in [1.807, 2.05) is 0 Å². The highest BCUT2D eigenvalue weighted by molar-refractivity contribution is 7.99. The van der Waals surface area contributed by atoms with Crippen LogP contribution < -0.4 is 5.73 Å². The molecule has 2 nitrogen and oxygen atoms in total. The second kappa shape index (κ2) is 4.63. The predicted octanol–water partition coefficient (Wildman–Crippen LogP) is 2.69. The zero-order valence-corrected chi connectivity index (χ0v) is 9.94. The molecule has 1 atom stereocenters. The minimum absolute atomic E-state index is 0.212. The Balaban J connectivity index is 2.04. The minimum Gasteiger partial charge on any atom is -0.312 e. The first-order chi connectivity index (χ1) is 8.05. The summed E-state index contributed by atoms with van der Waals surface area (Å²) in [4.78, 5) is 0.331. The van der Waals surface area contributed by atoms with Gasteiger partial charge in [0.05, 0.1) is 6.07 Å². The van der Waals surface area contributed by atoms with Crippen LogP contribution in [-0.2, 0) is 0 Å². The van der Waals surface area contributed by atoms with Crippen LogP contribution in [0.25, 0.3) is 0 Å². The Kier molecular flexibility index (Phi) is 3.36. The van der Waals surface area contributed by atoms with Crippen molar-refractivity contribution >= 4 is 11.8 Å². The van der Waals surface area contributed by atoms with Gasteiger partial charge in [-0.05, 0) is 30.9 Å². The van der Waals surface area contributed by atoms with Crippen LogP contribution in [0.4, 0.5) is 8.78 Å². The normalized spacial score (nSPS) is 18.5. The standard InChI is InChI=1S/C12H12F2N2S/c13-9-3-4-11(10(14)5-9)17-7-12(16,6-15)8-1-2-8/h3-5,8H,1-2,7,16H2. The van der Waals surface area contributed by atoms with E-state index in [2.05, 4.69) is 6.07 Å². The molecule has 0 aliphatic heterocycles. The van der Waals surface area contributed by atoms with Gasteiger partial charge < -0.3 is 5.73 Å². The van der Waals surface area contributed by atoms with Gasteiger partial charge in [0, 0.05) is 16.7 Å². The Hall–Kier alpha value is -1.12. The van der Waals surface area contributed by atoms with Crippen LogP contribution in [0.2, 0.25) is 0 Å². The molecule has 0 radical (unpaired) electrons. The third-order valence-electron chi connectivity index (χ3n) is 2.87. The molecular formula is C12H12F2N2S. The van der Waals surface area contributed by atoms with Crippen molar-refractivity contribution in [2.45, 2.75) is 23.3 Å². The summed E-state index contributed by atoms with van der Waals surface area (Å²) in [5, 5.41) is 9.05. The van der Waals surface area contributed by atoms with Crippen LogP contribution in [0.5, 0.6) is 0 Å². The lowest BCUT2D eigenvalue weighted by atomic mass is 10.00. The molecule has 0 saturated heterocycles. The van der Waals surface area contributed by atoms with Crippen LogP contribution in [0.1, 0.15) is 12.8 Å². The van der Waals surface area contributed by atoms with Gasteiger partial charge in [0.15, 0.2) is 0 Å². The highest BCUT2D eigenvalue weighted by Crippen LogP contribution is 2.40. The molecule has 90 valence electrons. The van der Waals surface area contributed by atoms with Crippen molar-refractivity contribution in [1.29, 1.82) is 5.26 Å². The maximum Gasteiger partial charge on any atom is 0.139 e. The molecule has 2 N–H and O–H groups in total. The fraction of sp³-hybridized carbons (Fsp3) is 0.417. The second-order valence-electron chi connectivity index (χ2n) is 4.29. The van der Waals surface area contributed by atoms with E-state index >= 15 is 0 Å². The number of hydrogen-bond acceptors (Lipinski definition) is 3. The molecule has 2 rings (SSSR count). The molecule has 0 amide bonds. The van der Waals surface area contributed by atoms with Crippen molar-refractivity contribution < 1.29 is 8.78 Å². The van der Waals surface area contributed by atoms with E-state index < -0.39 is 17.2 Å². The Labute approximate surface area is 103 Å². The molecule has 1 aromatic carbocycles. The molecular weight excluding hydrogens is 242 g/mol. The lowest BCUT2D eigenvalue weighted by molar-refractivity contribution is 0.531. The second-order valence-corrected chi connectivity index (χ2v) is 5.31. The summed E-state index contributed by atoms with van der Waals surface area (Å²) in [6.07, 6.45) is 1.91. The van der Waals surface area contributed by atoms with Crippen molar-refractivity contribution in [3.63, 3.8) is 0 Å². The third kappa shape index (κ3) is 2.76. The van der Waals surface area contributed by atoms with E-state index in [9.17, 15) is 8.78 Å². The molecule has 0 heterocycles. The molecule has 0 aromatic heterocycles. The van der Waals surface area contributed by atoms with E-state index in [0.717, 1.165) is 18.9 Å². The number of halogens is 2. The molecule has 17 heavy (non-hydrogen) atoms. The van der Waals surface area contributed by atoms with Gasteiger partial charge in [0.25, 0.3) is 0 Å². The van der Waals surface area contributed by atoms with E-state index in [1.54, 1.807) is 0 Å². The Morgan fingerprint density at radius 3 is 2.71 bits per heavy atom. The highest BCUT2D eigenvalue weighted by atomic mass is 32.2. The fourth-order valence-corrected chi connectivity index (χ4v) is 2.68. The van der Waals surface area contributed by atoms with Crippen LogP contribution in [-0.4, -0.2) is 11.3 Å². The van der Waals surface area contributed by atoms with E-state index in [4.69, 9.17) is 11.0 Å². The summed E-state index contributed by atoms with van der Waals surface area (Å²) in [7, 11) is 0. The lowest BCUT2D eigenvalue weighted by Crippen LogP contribution is -2.43. The molecule has 1 fully saturated rings. The zero-order valence-electron chi connectivity index (χ0n) is 9.12. The first-order valence-electron chi connectivity index (χ1n) is 5.33. The van der Waals surface area contributed by atoms with Gasteiger partial charge in [0.2, 0.25) is 0 Å². The van der Waals surface area contributed by atoms with Crippen molar-refractivity contribution in [2.24, 2.45) is 11.7 Å². The largest absolute Gasteiger partial charge is 0.312 e. The van der Waals surface area contributed by atoms with Crippen LogP contribution in [0, 0.1) is 28.9 Å². The Morgan fingerprint density at radius 1 is 1.47 bits per heavy atom. The van der Waals surface area contributed by atoms with Crippen LogP contribution >= 0.6 is 11.8 Å². The summed E-state index contributed by atoms with van der Waals surface area (Å²) >= 11 is 1.17. The lowest BCUT2D eigenvalue weighted by Gasteiger charge is -2.20. The van der Waals surface area contributed by atoms with Gasteiger partial charge in [-0.2, -0.15) is 5.26 Å². The number of hydrogen-bond donors (Lipinski definition) is 1. The predicted molar refractivity (Wildman–Crippen MR) is 62.3 cm³/mol. The van der Waals surface area contributed by atoms with E-state index in [0.29, 0.717) is 10.6 Å². The van der Waals surface area contributed by atoms with E-state index in [1.165, 1.54) is 23.9 Å². The average Bonchev–Trinajstić information content (AvgIpc) is 3.11. The van der Waals surface area contributed by atoms with Gasteiger partial charge in [-0.3, -0.25) is 0 Å². The quantitative estimate of drug-likeness (QED) is 0.840. The zero-order chi connectivity index (χ0) is 12.5. The van der Waals surface area contributed by atoms with Crippen molar-refractivity contribution in [2.75, 3.05) is 5.75 Å². The first kappa shape index (κ1) is 12.3. The SMILES string of the molecule is N#CC(N)(CSc1ccc(F)cc1F)C1CC1. The first-order valence-corrected chi connectivity index (χ1v) is 6.32. The highest BCUT2D eigenvalue weighted by Gasteiger charge is 2.42. The van der Waals surface area contributed by atoms with Crippen molar-refractivity contribution in [3.8, 4) is 6.07 Å². The number of rotatable bonds is 4. The summed E-state index contributed by atoms with van der Waals surface area (Å²) in [6.45, 7) is 0. The number of nitriles is 1. The summed E-state index contributed by atoms with van der Waals surface area (Å²) < 4.78 is 26.1. The third-order valence-corrected chi connectivity index (χ3v) is 4.14. The molecule has 5 heteroatoms. The van der Waals surface area contributed by atoms with Crippen LogP contribution in [0.15, 0.2) is 23.1 Å². The van der Waals surface area contributed by atoms with Crippen molar-refractivity contribution in [3.05, 3.63) is 29.8 Å². The van der Waals surface area contributed by atoms with Gasteiger partial charge in [-0.15, -0.1) is 11.8 Å². The molecule has 1 aliphatic carbocycles. The van der Waals surface area contributed by atoms with Crippen molar-refractivity contribution in [1.82, 2.24) is 0 Å². The topological polar surface area (TPSA) is 49.8 Å². The molecule has 1 aliphatic rings. The minimum atomic E-state index is -0.897. The summed E-state index contributed by atoms with van der Waals surface area (Å²) in [5.74, 6) is -0.667. The van der Waals surface area contributed by atoms with Gasteiger partial charge >= 0.3 is 0 Å². The monoisotopic (exact) mass is 254 g/mol. The number of nitrogens with zero attached hydrogens (tertiary/aromatic N) is 1. The maximum absolute atomic E-state index is 13.4. The van der Waals surface area contributed by atoms with E-state index in [-0.39, 0.29) is 5.92 Å². The average molecular weight is 254 g/mol. The maximum atomic E-state index is 13.4. The summed E-state index contributed by atoms with van der Waals surface area (Å²) in [6, 6.07) is 5.52.